The lowest BCUT2D eigenvalue weighted by molar-refractivity contribution is -0.141. The van der Waals surface area contributed by atoms with Gasteiger partial charge in [-0.15, -0.1) is 0 Å². The smallest absolute Gasteiger partial charge is 0.307 e. The summed E-state index contributed by atoms with van der Waals surface area (Å²) in [7, 11) is 1.31. The van der Waals surface area contributed by atoms with E-state index in [-0.39, 0.29) is 18.9 Å². The molecule has 14 heteroatoms. The van der Waals surface area contributed by atoms with E-state index in [0.29, 0.717) is 76.9 Å². The van der Waals surface area contributed by atoms with Crippen LogP contribution in [0.2, 0.25) is 0 Å². The number of amides is 2. The number of rotatable bonds is 27. The number of aryl methyl sites for hydroxylation is 1. The number of nitrogens with zero attached hydrogens (tertiary/aromatic N) is 1. The number of pyridine rings is 1. The van der Waals surface area contributed by atoms with Crippen LogP contribution < -0.4 is 20.7 Å². The lowest BCUT2D eigenvalue weighted by atomic mass is 9.95. The van der Waals surface area contributed by atoms with E-state index in [0.717, 1.165) is 51.0 Å². The van der Waals surface area contributed by atoms with Crippen LogP contribution in [0.3, 0.4) is 0 Å². The summed E-state index contributed by atoms with van der Waals surface area (Å²) in [5.41, 5.74) is 3.82. The molecule has 56 heavy (non-hydrogen) atoms. The highest BCUT2D eigenvalue weighted by atomic mass is 127. The molecule has 0 bridgehead atoms. The fourth-order valence-corrected chi connectivity index (χ4v) is 6.05. The predicted octanol–water partition coefficient (Wildman–Crippen LogP) is 6.17. The Labute approximate surface area is 342 Å². The van der Waals surface area contributed by atoms with Gasteiger partial charge in [-0.1, -0.05) is 77.2 Å². The van der Waals surface area contributed by atoms with E-state index in [1.165, 1.54) is 7.11 Å². The summed E-state index contributed by atoms with van der Waals surface area (Å²) < 4.78 is 33.5. The van der Waals surface area contributed by atoms with Gasteiger partial charge in [0.15, 0.2) is 0 Å². The molecule has 1 atom stereocenters. The molecule has 1 heterocycles. The Morgan fingerprint density at radius 1 is 0.768 bits per heavy atom. The highest BCUT2D eigenvalue weighted by molar-refractivity contribution is 14.1. The highest BCUT2D eigenvalue weighted by Gasteiger charge is 2.20. The zero-order valence-corrected chi connectivity index (χ0v) is 34.3. The van der Waals surface area contributed by atoms with Gasteiger partial charge >= 0.3 is 5.97 Å². The van der Waals surface area contributed by atoms with Crippen molar-refractivity contribution in [3.63, 3.8) is 0 Å². The second-order valence-corrected chi connectivity index (χ2v) is 13.4. The maximum absolute atomic E-state index is 12.9. The molecule has 0 radical (unpaired) electrons. The van der Waals surface area contributed by atoms with Crippen LogP contribution in [-0.2, 0) is 38.1 Å². The summed E-state index contributed by atoms with van der Waals surface area (Å²) >= 11 is 2.15. The number of hydrogen-bond acceptors (Lipinski definition) is 11. The predicted molar refractivity (Wildman–Crippen MR) is 224 cm³/mol. The van der Waals surface area contributed by atoms with Crippen LogP contribution in [0.1, 0.15) is 42.9 Å². The van der Waals surface area contributed by atoms with E-state index >= 15 is 0 Å². The molecule has 1 unspecified atom stereocenters. The molecule has 1 aromatic heterocycles. The molecule has 0 aliphatic rings. The molecule has 3 N–H and O–H groups in total. The second-order valence-electron chi connectivity index (χ2n) is 12.8. The quantitative estimate of drug-likeness (QED) is 0.0273. The monoisotopic (exact) mass is 884 g/mol. The minimum Gasteiger partial charge on any atom is -0.491 e. The van der Waals surface area contributed by atoms with Gasteiger partial charge in [-0.2, -0.15) is 0 Å². The number of carbonyl (C=O) groups excluding carboxylic acids is 3. The topological polar surface area (TPSA) is 156 Å². The fraction of sp³-hybridized carbons (Fsp3) is 0.429. The number of anilines is 1. The molecule has 0 spiro atoms. The number of nitrogens with one attached hydrogen (secondary N) is 3. The van der Waals surface area contributed by atoms with Crippen molar-refractivity contribution >= 4 is 57.0 Å². The molecule has 4 rings (SSSR count). The largest absolute Gasteiger partial charge is 0.491 e. The first-order valence-electron chi connectivity index (χ1n) is 18.8. The van der Waals surface area contributed by atoms with Crippen molar-refractivity contribution in [2.24, 2.45) is 0 Å². The molecule has 302 valence electrons. The number of halogens is 1. The van der Waals surface area contributed by atoms with Crippen LogP contribution in [-0.4, -0.2) is 100 Å². The van der Waals surface area contributed by atoms with Crippen molar-refractivity contribution in [2.45, 2.75) is 38.6 Å². The Balaban J connectivity index is 1.24. The number of unbranched alkanes of at least 4 members (excludes halogenated alkanes) is 1. The SMILES string of the molecule is COC(=O)CC(NC(=O)CNC(=O)CCCCNc1cc(C)ccn1)c1ccc(-c2ccc(OCCOCCOCCOCCOCI)c3ccccc23)cc1. The van der Waals surface area contributed by atoms with Gasteiger partial charge in [-0.3, -0.25) is 14.4 Å². The average Bonchev–Trinajstić information content (AvgIpc) is 3.21. The molecular formula is C42H53IN4O9. The third-order valence-electron chi connectivity index (χ3n) is 8.62. The van der Waals surface area contributed by atoms with Crippen LogP contribution in [0.5, 0.6) is 5.75 Å². The minimum absolute atomic E-state index is 0.0613. The van der Waals surface area contributed by atoms with Gasteiger partial charge in [0.1, 0.15) is 18.2 Å². The van der Waals surface area contributed by atoms with Crippen molar-refractivity contribution in [2.75, 3.05) is 83.0 Å². The Morgan fingerprint density at radius 3 is 2.12 bits per heavy atom. The Bertz CT molecular complexity index is 1790. The summed E-state index contributed by atoms with van der Waals surface area (Å²) in [6.07, 6.45) is 3.43. The van der Waals surface area contributed by atoms with Gasteiger partial charge in [0.05, 0.1) is 77.0 Å². The molecule has 2 amide bonds. The van der Waals surface area contributed by atoms with E-state index in [9.17, 15) is 14.4 Å². The van der Waals surface area contributed by atoms with Crippen LogP contribution in [0.4, 0.5) is 5.82 Å². The van der Waals surface area contributed by atoms with Gasteiger partial charge in [0.25, 0.3) is 0 Å². The zero-order chi connectivity index (χ0) is 39.8. The highest BCUT2D eigenvalue weighted by Crippen LogP contribution is 2.35. The third kappa shape index (κ3) is 16.0. The summed E-state index contributed by atoms with van der Waals surface area (Å²) in [6.45, 7) is 6.41. The molecule has 0 aliphatic carbocycles. The number of esters is 1. The summed E-state index contributed by atoms with van der Waals surface area (Å²) in [5.74, 6) is 0.475. The van der Waals surface area contributed by atoms with Gasteiger partial charge < -0.3 is 44.4 Å². The molecule has 0 aliphatic heterocycles. The van der Waals surface area contributed by atoms with Crippen molar-refractivity contribution in [1.82, 2.24) is 15.6 Å². The third-order valence-corrected chi connectivity index (χ3v) is 9.06. The van der Waals surface area contributed by atoms with Crippen LogP contribution >= 0.6 is 22.6 Å². The van der Waals surface area contributed by atoms with E-state index in [1.54, 1.807) is 6.20 Å². The number of fused-ring (bicyclic) bond motifs is 1. The van der Waals surface area contributed by atoms with E-state index in [4.69, 9.17) is 28.4 Å². The van der Waals surface area contributed by atoms with Crippen molar-refractivity contribution in [3.05, 3.63) is 90.1 Å². The number of alkyl halides is 1. The Hall–Kier alpha value is -4.35. The Morgan fingerprint density at radius 2 is 1.45 bits per heavy atom. The van der Waals surface area contributed by atoms with Gasteiger partial charge in [0.2, 0.25) is 11.8 Å². The van der Waals surface area contributed by atoms with Gasteiger partial charge in [-0.25, -0.2) is 4.98 Å². The first kappa shape index (κ1) is 44.4. The van der Waals surface area contributed by atoms with Crippen LogP contribution in [0.25, 0.3) is 21.9 Å². The maximum atomic E-state index is 12.9. The second kappa shape index (κ2) is 25.7. The number of methoxy groups -OCH3 is 1. The van der Waals surface area contributed by atoms with Crippen LogP contribution in [0.15, 0.2) is 79.0 Å². The number of ether oxygens (including phenoxy) is 6. The minimum atomic E-state index is -0.645. The average molecular weight is 885 g/mol. The lowest BCUT2D eigenvalue weighted by Gasteiger charge is -2.19. The fourth-order valence-electron chi connectivity index (χ4n) is 5.74. The number of hydrogen-bond donors (Lipinski definition) is 3. The van der Waals surface area contributed by atoms with Crippen molar-refractivity contribution < 1.29 is 42.8 Å². The zero-order valence-electron chi connectivity index (χ0n) is 32.2. The first-order chi connectivity index (χ1) is 27.4. The molecule has 0 saturated carbocycles. The summed E-state index contributed by atoms with van der Waals surface area (Å²) in [5, 5.41) is 10.8. The standard InChI is InChI=1S/C42H53IN4O9/c1-31-16-18-45-39(27-31)44-17-6-5-9-40(48)46-29-41(49)47-37(28-42(50)51-2)33-12-10-32(11-13-33)34-14-15-38(36-8-4-3-7-35(34)36)56-26-25-54-22-21-52-19-20-53-23-24-55-30-43/h3-4,7-8,10-16,18,27,37H,5-6,9,17,19-26,28-30H2,1-2H3,(H,44,45)(H,46,48)(H,47,49). The first-order valence-corrected chi connectivity index (χ1v) is 20.3. The lowest BCUT2D eigenvalue weighted by Crippen LogP contribution is -2.39. The molecule has 3 aromatic carbocycles. The molecule has 4 aromatic rings. The number of aromatic nitrogens is 1. The molecular weight excluding hydrogens is 831 g/mol. The van der Waals surface area contributed by atoms with Gasteiger partial charge in [-0.05, 0) is 65.6 Å². The number of carbonyl (C=O) groups is 3. The summed E-state index contributed by atoms with van der Waals surface area (Å²) in [4.78, 5) is 41.9. The maximum Gasteiger partial charge on any atom is 0.307 e. The molecule has 0 saturated heterocycles. The van der Waals surface area contributed by atoms with E-state index in [1.807, 2.05) is 79.7 Å². The van der Waals surface area contributed by atoms with Crippen LogP contribution in [0, 0.1) is 6.92 Å². The normalized spacial score (nSPS) is 11.6. The summed E-state index contributed by atoms with van der Waals surface area (Å²) in [6, 6.07) is 23.0. The number of benzene rings is 3. The molecule has 13 nitrogen and oxygen atoms in total. The van der Waals surface area contributed by atoms with E-state index < -0.39 is 17.9 Å². The van der Waals surface area contributed by atoms with Crippen molar-refractivity contribution in [3.8, 4) is 16.9 Å². The molecule has 0 fully saturated rings. The van der Waals surface area contributed by atoms with E-state index in [2.05, 4.69) is 43.5 Å². The Kier molecular flexibility index (Phi) is 20.4. The van der Waals surface area contributed by atoms with Gasteiger partial charge in [0, 0.05) is 24.5 Å². The van der Waals surface area contributed by atoms with Crippen molar-refractivity contribution in [1.29, 1.82) is 0 Å².